The van der Waals surface area contributed by atoms with Crippen molar-refractivity contribution in [1.82, 2.24) is 0 Å². The first-order valence-electron chi connectivity index (χ1n) is 13.2. The van der Waals surface area contributed by atoms with E-state index in [9.17, 15) is 0 Å². The molecule has 0 aromatic heterocycles. The maximum atomic E-state index is 2.38. The lowest BCUT2D eigenvalue weighted by Crippen LogP contribution is -2.02. The van der Waals surface area contributed by atoms with Gasteiger partial charge >= 0.3 is 0 Å². The minimum absolute atomic E-state index is 0. The molecule has 0 saturated heterocycles. The second-order valence-electron chi connectivity index (χ2n) is 10.2. The van der Waals surface area contributed by atoms with Crippen LogP contribution in [-0.4, -0.2) is 0 Å². The summed E-state index contributed by atoms with van der Waals surface area (Å²) in [6.45, 7) is 22.7. The molecule has 0 rings (SSSR count). The van der Waals surface area contributed by atoms with Gasteiger partial charge in [-0.2, -0.15) is 0 Å². The Morgan fingerprint density at radius 1 is 0.448 bits per heavy atom. The third-order valence-corrected chi connectivity index (χ3v) is 5.19. The summed E-state index contributed by atoms with van der Waals surface area (Å²) in [6, 6.07) is 0. The van der Waals surface area contributed by atoms with Gasteiger partial charge in [-0.3, -0.25) is 0 Å². The van der Waals surface area contributed by atoms with Gasteiger partial charge in [0.1, 0.15) is 0 Å². The molecule has 0 aliphatic carbocycles. The maximum absolute atomic E-state index is 2.38. The normalized spacial score (nSPS) is 10.6. The lowest BCUT2D eigenvalue weighted by molar-refractivity contribution is 0.360. The molecular formula is C29H66. The molecule has 0 spiro atoms. The fraction of sp³-hybridized carbons (Fsp3) is 1.00. The van der Waals surface area contributed by atoms with Gasteiger partial charge in [0.25, 0.3) is 0 Å². The third kappa shape index (κ3) is 42.9. The maximum Gasteiger partial charge on any atom is -0.0414 e. The van der Waals surface area contributed by atoms with Crippen LogP contribution in [0.15, 0.2) is 0 Å². The Kier molecular flexibility index (Phi) is 37.9. The molecule has 0 saturated carbocycles. The van der Waals surface area contributed by atoms with Crippen molar-refractivity contribution in [1.29, 1.82) is 0 Å². The molecule has 0 N–H and O–H groups in total. The van der Waals surface area contributed by atoms with Crippen LogP contribution >= 0.6 is 0 Å². The van der Waals surface area contributed by atoms with Crippen molar-refractivity contribution in [3.05, 3.63) is 0 Å². The van der Waals surface area contributed by atoms with Gasteiger partial charge in [-0.15, -0.1) is 0 Å². The molecule has 0 fully saturated rings. The second-order valence-corrected chi connectivity index (χ2v) is 10.2. The minimum atomic E-state index is 0. The summed E-state index contributed by atoms with van der Waals surface area (Å²) in [6.07, 6.45) is 19.9. The fourth-order valence-corrected chi connectivity index (χ4v) is 3.24. The minimum Gasteiger partial charge on any atom is -0.0776 e. The molecule has 0 amide bonds. The topological polar surface area (TPSA) is 0 Å². The van der Waals surface area contributed by atoms with Gasteiger partial charge in [-0.25, -0.2) is 0 Å². The van der Waals surface area contributed by atoms with Crippen LogP contribution in [0.3, 0.4) is 0 Å². The largest absolute Gasteiger partial charge is 0.0776 e. The summed E-state index contributed by atoms with van der Waals surface area (Å²) in [5, 5.41) is 0. The van der Waals surface area contributed by atoms with Crippen LogP contribution < -0.4 is 0 Å². The van der Waals surface area contributed by atoms with Crippen LogP contribution in [0.2, 0.25) is 0 Å². The summed E-state index contributed by atoms with van der Waals surface area (Å²) in [4.78, 5) is 0. The van der Waals surface area contributed by atoms with E-state index in [0.29, 0.717) is 0 Å². The standard InChI is InChI=1S/C14H30.C10H22.C4H10.CH4/c1-5-7-9-14(10-8-6-2)12-11-13(3)4;1-4-6-8-10(3)9-7-5-2;1-4(2)3;/h13-14H,5-12H2,1-4H3;10H,4-9H2,1-3H3;4H,1-3H3;1H4. The van der Waals surface area contributed by atoms with Gasteiger partial charge in [-0.1, -0.05) is 167 Å². The molecule has 0 aliphatic rings. The zero-order valence-corrected chi connectivity index (χ0v) is 22.2. The molecule has 0 aromatic rings. The van der Waals surface area contributed by atoms with Crippen LogP contribution in [0.25, 0.3) is 0 Å². The summed E-state index contributed by atoms with van der Waals surface area (Å²) in [5.74, 6) is 3.72. The zero-order chi connectivity index (χ0) is 22.2. The third-order valence-electron chi connectivity index (χ3n) is 5.19. The molecule has 0 unspecified atom stereocenters. The zero-order valence-electron chi connectivity index (χ0n) is 22.2. The molecule has 0 atom stereocenters. The van der Waals surface area contributed by atoms with Gasteiger partial charge < -0.3 is 0 Å². The summed E-state index contributed by atoms with van der Waals surface area (Å²) in [7, 11) is 0. The number of unbranched alkanes of at least 4 members (excludes halogenated alkanes) is 4. The van der Waals surface area contributed by atoms with E-state index in [1.807, 2.05) is 0 Å². The Balaban J connectivity index is -0.000000183. The highest BCUT2D eigenvalue weighted by Crippen LogP contribution is 2.23. The molecule has 0 aromatic carbocycles. The average Bonchev–Trinajstić information content (AvgIpc) is 2.64. The lowest BCUT2D eigenvalue weighted by Gasteiger charge is -2.17. The van der Waals surface area contributed by atoms with Crippen LogP contribution in [0.5, 0.6) is 0 Å². The predicted octanol–water partition coefficient (Wildman–Crippen LogP) is 11.7. The van der Waals surface area contributed by atoms with Crippen LogP contribution in [-0.2, 0) is 0 Å². The molecule has 0 nitrogen and oxygen atoms in total. The Hall–Kier alpha value is 0. The molecule has 0 radical (unpaired) electrons. The smallest absolute Gasteiger partial charge is 0.0414 e. The summed E-state index contributed by atoms with van der Waals surface area (Å²) < 4.78 is 0. The van der Waals surface area contributed by atoms with Gasteiger partial charge in [0, 0.05) is 0 Å². The SMILES string of the molecule is C.CC(C)C.CCCCC(C)CCCC.CCCCC(CCCC)CCC(C)C. The fourth-order valence-electron chi connectivity index (χ4n) is 3.24. The molecule has 29 heavy (non-hydrogen) atoms. The van der Waals surface area contributed by atoms with E-state index in [2.05, 4.69) is 69.2 Å². The van der Waals surface area contributed by atoms with Crippen molar-refractivity contribution in [2.24, 2.45) is 23.7 Å². The van der Waals surface area contributed by atoms with Gasteiger partial charge in [-0.05, 0) is 23.7 Å². The number of hydrogen-bond donors (Lipinski definition) is 0. The summed E-state index contributed by atoms with van der Waals surface area (Å²) >= 11 is 0. The molecule has 0 bridgehead atoms. The second kappa shape index (κ2) is 30.2. The number of hydrogen-bond acceptors (Lipinski definition) is 0. The van der Waals surface area contributed by atoms with E-state index in [-0.39, 0.29) is 7.43 Å². The van der Waals surface area contributed by atoms with Crippen molar-refractivity contribution in [2.75, 3.05) is 0 Å². The van der Waals surface area contributed by atoms with E-state index in [1.54, 1.807) is 0 Å². The van der Waals surface area contributed by atoms with Crippen LogP contribution in [0, 0.1) is 23.7 Å². The quantitative estimate of drug-likeness (QED) is 0.250. The van der Waals surface area contributed by atoms with E-state index >= 15 is 0 Å². The Morgan fingerprint density at radius 2 is 0.759 bits per heavy atom. The Morgan fingerprint density at radius 3 is 1.03 bits per heavy atom. The highest BCUT2D eigenvalue weighted by molar-refractivity contribution is 4.61. The van der Waals surface area contributed by atoms with E-state index < -0.39 is 0 Å². The Labute approximate surface area is 190 Å². The van der Waals surface area contributed by atoms with E-state index in [4.69, 9.17) is 0 Å². The summed E-state index contributed by atoms with van der Waals surface area (Å²) in [5.41, 5.74) is 0. The number of rotatable bonds is 15. The van der Waals surface area contributed by atoms with Crippen molar-refractivity contribution in [3.8, 4) is 0 Å². The average molecular weight is 415 g/mol. The molecule has 0 heterocycles. The first-order chi connectivity index (χ1) is 13.2. The van der Waals surface area contributed by atoms with Crippen molar-refractivity contribution < 1.29 is 0 Å². The highest BCUT2D eigenvalue weighted by atomic mass is 14.1. The van der Waals surface area contributed by atoms with Crippen molar-refractivity contribution >= 4 is 0 Å². The predicted molar refractivity (Wildman–Crippen MR) is 142 cm³/mol. The van der Waals surface area contributed by atoms with Crippen LogP contribution in [0.4, 0.5) is 0 Å². The van der Waals surface area contributed by atoms with Gasteiger partial charge in [0.05, 0.1) is 0 Å². The molecule has 0 aliphatic heterocycles. The van der Waals surface area contributed by atoms with Crippen LogP contribution in [0.1, 0.15) is 167 Å². The van der Waals surface area contributed by atoms with Crippen molar-refractivity contribution in [3.63, 3.8) is 0 Å². The molecule has 182 valence electrons. The first-order valence-corrected chi connectivity index (χ1v) is 13.2. The monoisotopic (exact) mass is 415 g/mol. The highest BCUT2D eigenvalue weighted by Gasteiger charge is 2.08. The molecular weight excluding hydrogens is 348 g/mol. The van der Waals surface area contributed by atoms with Gasteiger partial charge in [0.2, 0.25) is 0 Å². The lowest BCUT2D eigenvalue weighted by atomic mass is 9.89. The van der Waals surface area contributed by atoms with Gasteiger partial charge in [0.15, 0.2) is 0 Å². The van der Waals surface area contributed by atoms with E-state index in [1.165, 1.54) is 89.9 Å². The molecule has 0 heteroatoms. The van der Waals surface area contributed by atoms with E-state index in [0.717, 1.165) is 23.7 Å². The van der Waals surface area contributed by atoms with Crippen molar-refractivity contribution in [2.45, 2.75) is 167 Å². The Bertz CT molecular complexity index is 222. The first kappa shape index (κ1) is 36.4.